The molecule has 0 spiro atoms. The van der Waals surface area contributed by atoms with Gasteiger partial charge in [-0.15, -0.1) is 0 Å². The molecule has 3 rings (SSSR count). The van der Waals surface area contributed by atoms with Crippen molar-refractivity contribution in [3.63, 3.8) is 0 Å². The summed E-state index contributed by atoms with van der Waals surface area (Å²) in [6.07, 6.45) is 2.03. The molecule has 2 atom stereocenters. The highest BCUT2D eigenvalue weighted by Crippen LogP contribution is 2.27. The van der Waals surface area contributed by atoms with Crippen molar-refractivity contribution in [2.45, 2.75) is 52.2 Å². The average molecular weight is 570 g/mol. The molecule has 3 aromatic carbocycles. The van der Waals surface area contributed by atoms with Crippen LogP contribution in [0.2, 0.25) is 5.02 Å². The van der Waals surface area contributed by atoms with Crippen LogP contribution in [0.15, 0.2) is 78.9 Å². The smallest absolute Gasteiger partial charge is 0.244 e. The SMILES string of the molecule is CC[C@H](C)NC(=O)[C@@H](Cc1ccccc1)N(Cc1ccc(C)cc1)C(=O)CN(c1ccccc1Cl)S(C)(=O)=O. The summed E-state index contributed by atoms with van der Waals surface area (Å²) < 4.78 is 26.7. The van der Waals surface area contributed by atoms with E-state index in [9.17, 15) is 18.0 Å². The third kappa shape index (κ3) is 8.57. The normalized spacial score (nSPS) is 12.8. The van der Waals surface area contributed by atoms with Crippen LogP contribution in [0.25, 0.3) is 0 Å². The molecule has 0 aliphatic rings. The maximum atomic E-state index is 14.0. The molecule has 0 fully saturated rings. The predicted molar refractivity (Wildman–Crippen MR) is 157 cm³/mol. The molecule has 2 amide bonds. The Balaban J connectivity index is 2.06. The van der Waals surface area contributed by atoms with E-state index in [0.29, 0.717) is 0 Å². The highest BCUT2D eigenvalue weighted by atomic mass is 35.5. The Morgan fingerprint density at radius 3 is 2.13 bits per heavy atom. The van der Waals surface area contributed by atoms with E-state index in [2.05, 4.69) is 5.32 Å². The third-order valence-corrected chi connectivity index (χ3v) is 7.99. The fourth-order valence-electron chi connectivity index (χ4n) is 4.13. The fourth-order valence-corrected chi connectivity index (χ4v) is 5.28. The van der Waals surface area contributed by atoms with E-state index in [1.54, 1.807) is 24.3 Å². The first-order valence-electron chi connectivity index (χ1n) is 12.9. The van der Waals surface area contributed by atoms with Crippen molar-refractivity contribution in [2.75, 3.05) is 17.1 Å². The van der Waals surface area contributed by atoms with Gasteiger partial charge in [0.15, 0.2) is 0 Å². The number of rotatable bonds is 12. The number of para-hydroxylation sites is 1. The van der Waals surface area contributed by atoms with Crippen molar-refractivity contribution >= 4 is 39.1 Å². The largest absolute Gasteiger partial charge is 0.352 e. The van der Waals surface area contributed by atoms with Crippen molar-refractivity contribution in [3.8, 4) is 0 Å². The molecule has 0 aromatic heterocycles. The Morgan fingerprint density at radius 1 is 0.923 bits per heavy atom. The van der Waals surface area contributed by atoms with Gasteiger partial charge >= 0.3 is 0 Å². The number of anilines is 1. The van der Waals surface area contributed by atoms with E-state index in [1.807, 2.05) is 75.4 Å². The molecule has 9 heteroatoms. The highest BCUT2D eigenvalue weighted by Gasteiger charge is 2.33. The van der Waals surface area contributed by atoms with Gasteiger partial charge in [-0.25, -0.2) is 8.42 Å². The number of carbonyl (C=O) groups excluding carboxylic acids is 2. The summed E-state index contributed by atoms with van der Waals surface area (Å²) in [4.78, 5) is 29.2. The second-order valence-electron chi connectivity index (χ2n) is 9.75. The van der Waals surface area contributed by atoms with Crippen molar-refractivity contribution in [1.82, 2.24) is 10.2 Å². The molecular formula is C30H36ClN3O4S. The predicted octanol–water partition coefficient (Wildman–Crippen LogP) is 4.97. The lowest BCUT2D eigenvalue weighted by Crippen LogP contribution is -2.54. The molecular weight excluding hydrogens is 534 g/mol. The number of aryl methyl sites for hydroxylation is 1. The zero-order chi connectivity index (χ0) is 28.6. The van der Waals surface area contributed by atoms with Gasteiger partial charge in [0.2, 0.25) is 21.8 Å². The Kier molecular flexibility index (Phi) is 10.5. The van der Waals surface area contributed by atoms with Crippen LogP contribution in [0.3, 0.4) is 0 Å². The number of hydrogen-bond donors (Lipinski definition) is 1. The molecule has 0 aliphatic carbocycles. The van der Waals surface area contributed by atoms with Gasteiger partial charge in [0.05, 0.1) is 17.0 Å². The first-order valence-corrected chi connectivity index (χ1v) is 15.1. The molecule has 0 radical (unpaired) electrons. The molecule has 0 saturated carbocycles. The summed E-state index contributed by atoms with van der Waals surface area (Å²) in [6, 6.07) is 22.7. The van der Waals surface area contributed by atoms with E-state index >= 15 is 0 Å². The molecule has 7 nitrogen and oxygen atoms in total. The average Bonchev–Trinajstić information content (AvgIpc) is 2.90. The quantitative estimate of drug-likeness (QED) is 0.334. The molecule has 3 aromatic rings. The van der Waals surface area contributed by atoms with Crippen LogP contribution in [-0.4, -0.2) is 50.0 Å². The lowest BCUT2D eigenvalue weighted by molar-refractivity contribution is -0.140. The molecule has 0 unspecified atom stereocenters. The number of amides is 2. The lowest BCUT2D eigenvalue weighted by atomic mass is 10.0. The molecule has 208 valence electrons. The van der Waals surface area contributed by atoms with Gasteiger partial charge in [0.1, 0.15) is 12.6 Å². The van der Waals surface area contributed by atoms with Crippen LogP contribution in [0.1, 0.15) is 37.0 Å². The summed E-state index contributed by atoms with van der Waals surface area (Å²) in [5.41, 5.74) is 2.98. The van der Waals surface area contributed by atoms with E-state index in [0.717, 1.165) is 33.7 Å². The molecule has 0 heterocycles. The van der Waals surface area contributed by atoms with Gasteiger partial charge in [-0.2, -0.15) is 0 Å². The maximum absolute atomic E-state index is 14.0. The fraction of sp³-hybridized carbons (Fsp3) is 0.333. The van der Waals surface area contributed by atoms with E-state index in [1.165, 1.54) is 4.90 Å². The van der Waals surface area contributed by atoms with E-state index in [4.69, 9.17) is 11.6 Å². The number of nitrogens with zero attached hydrogens (tertiary/aromatic N) is 2. The molecule has 0 saturated heterocycles. The first kappa shape index (κ1) is 30.2. The Hall–Kier alpha value is -3.36. The van der Waals surface area contributed by atoms with Crippen molar-refractivity contribution in [1.29, 1.82) is 0 Å². The minimum absolute atomic E-state index is 0.0947. The number of carbonyl (C=O) groups is 2. The van der Waals surface area contributed by atoms with Crippen LogP contribution in [0, 0.1) is 6.92 Å². The van der Waals surface area contributed by atoms with Crippen LogP contribution in [0.4, 0.5) is 5.69 Å². The van der Waals surface area contributed by atoms with Crippen molar-refractivity contribution < 1.29 is 18.0 Å². The minimum Gasteiger partial charge on any atom is -0.352 e. The van der Waals surface area contributed by atoms with Gasteiger partial charge in [-0.1, -0.05) is 90.8 Å². The molecule has 0 aliphatic heterocycles. The van der Waals surface area contributed by atoms with E-state index < -0.39 is 28.5 Å². The Bertz CT molecular complexity index is 1360. The number of benzene rings is 3. The highest BCUT2D eigenvalue weighted by molar-refractivity contribution is 7.92. The van der Waals surface area contributed by atoms with Crippen molar-refractivity contribution in [3.05, 3.63) is 101 Å². The van der Waals surface area contributed by atoms with Gasteiger partial charge in [0.25, 0.3) is 0 Å². The van der Waals surface area contributed by atoms with Crippen LogP contribution >= 0.6 is 11.6 Å². The van der Waals surface area contributed by atoms with E-state index in [-0.39, 0.29) is 35.6 Å². The van der Waals surface area contributed by atoms with Crippen molar-refractivity contribution in [2.24, 2.45) is 0 Å². The first-order chi connectivity index (χ1) is 18.5. The van der Waals surface area contributed by atoms with Crippen LogP contribution in [-0.2, 0) is 32.6 Å². The maximum Gasteiger partial charge on any atom is 0.244 e. The summed E-state index contributed by atoms with van der Waals surface area (Å²) >= 11 is 6.33. The lowest BCUT2D eigenvalue weighted by Gasteiger charge is -2.34. The summed E-state index contributed by atoms with van der Waals surface area (Å²) in [5.74, 6) is -0.807. The zero-order valence-electron chi connectivity index (χ0n) is 22.8. The number of halogens is 1. The molecule has 0 bridgehead atoms. The number of sulfonamides is 1. The number of nitrogens with one attached hydrogen (secondary N) is 1. The summed E-state index contributed by atoms with van der Waals surface area (Å²) in [5, 5.41) is 3.22. The van der Waals surface area contributed by atoms with Gasteiger partial charge < -0.3 is 10.2 Å². The molecule has 1 N–H and O–H groups in total. The Morgan fingerprint density at radius 2 is 1.54 bits per heavy atom. The Labute approximate surface area is 236 Å². The second-order valence-corrected chi connectivity index (χ2v) is 12.1. The van der Waals surface area contributed by atoms with Gasteiger partial charge in [-0.3, -0.25) is 13.9 Å². The second kappa shape index (κ2) is 13.6. The number of hydrogen-bond acceptors (Lipinski definition) is 4. The standard InChI is InChI=1S/C30H36ClN3O4S/c1-5-23(3)32-30(36)28(19-24-11-7-6-8-12-24)33(20-25-17-15-22(2)16-18-25)29(35)21-34(39(4,37)38)27-14-10-9-13-26(27)31/h6-18,23,28H,5,19-21H2,1-4H3,(H,32,36)/t23-,28+/m0/s1. The molecule has 39 heavy (non-hydrogen) atoms. The van der Waals surface area contributed by atoms with Crippen LogP contribution < -0.4 is 9.62 Å². The third-order valence-electron chi connectivity index (χ3n) is 6.55. The zero-order valence-corrected chi connectivity index (χ0v) is 24.4. The summed E-state index contributed by atoms with van der Waals surface area (Å²) in [7, 11) is -3.87. The van der Waals surface area contributed by atoms with Gasteiger partial charge in [-0.05, 0) is 43.5 Å². The van der Waals surface area contributed by atoms with Gasteiger partial charge in [0, 0.05) is 19.0 Å². The topological polar surface area (TPSA) is 86.8 Å². The van der Waals surface area contributed by atoms with Crippen LogP contribution in [0.5, 0.6) is 0 Å². The summed E-state index contributed by atoms with van der Waals surface area (Å²) in [6.45, 7) is 5.48. The minimum atomic E-state index is -3.87. The monoisotopic (exact) mass is 569 g/mol.